The average Bonchev–Trinajstić information content (AvgIpc) is 2.73. The lowest BCUT2D eigenvalue weighted by Gasteiger charge is -2.34. The molecule has 0 aliphatic carbocycles. The van der Waals surface area contributed by atoms with Gasteiger partial charge in [-0.1, -0.05) is 47.5 Å². The normalized spacial score (nSPS) is 17.9. The first-order chi connectivity index (χ1) is 14.0. The summed E-state index contributed by atoms with van der Waals surface area (Å²) in [7, 11) is 0. The Morgan fingerprint density at radius 1 is 1.03 bits per heavy atom. The third kappa shape index (κ3) is 3.95. The Balaban J connectivity index is 1.71. The van der Waals surface area contributed by atoms with E-state index in [1.807, 2.05) is 0 Å². The lowest BCUT2D eigenvalue weighted by atomic mass is 9.80. The summed E-state index contributed by atoms with van der Waals surface area (Å²) < 4.78 is 0. The number of aromatic nitrogens is 2. The van der Waals surface area contributed by atoms with E-state index in [9.17, 15) is 9.59 Å². The molecule has 4 rings (SSSR count). The number of nitrogens with one attached hydrogen (secondary N) is 2. The first-order valence-corrected chi connectivity index (χ1v) is 9.68. The highest BCUT2D eigenvalue weighted by molar-refractivity contribution is 6.35. The summed E-state index contributed by atoms with van der Waals surface area (Å²) in [4.78, 5) is 34.1. The largest absolute Gasteiger partial charge is 0.348 e. The van der Waals surface area contributed by atoms with Gasteiger partial charge in [0.05, 0.1) is 18.5 Å². The zero-order chi connectivity index (χ0) is 20.4. The molecule has 2 N–H and O–H groups in total. The molecule has 8 heteroatoms. The maximum Gasteiger partial charge on any atom is 0.252 e. The molecule has 1 aliphatic rings. The van der Waals surface area contributed by atoms with Crippen molar-refractivity contribution in [2.24, 2.45) is 0 Å². The van der Waals surface area contributed by atoms with Crippen molar-refractivity contribution in [2.45, 2.75) is 18.5 Å². The van der Waals surface area contributed by atoms with Crippen LogP contribution >= 0.6 is 23.2 Å². The molecule has 0 unspecified atom stereocenters. The van der Waals surface area contributed by atoms with Gasteiger partial charge in [0.25, 0.3) is 5.91 Å². The van der Waals surface area contributed by atoms with E-state index in [4.69, 9.17) is 23.2 Å². The van der Waals surface area contributed by atoms with Crippen molar-refractivity contribution < 1.29 is 9.59 Å². The number of halogens is 2. The van der Waals surface area contributed by atoms with Gasteiger partial charge in [-0.3, -0.25) is 9.59 Å². The summed E-state index contributed by atoms with van der Waals surface area (Å²) in [6.45, 7) is 0.174. The zero-order valence-electron chi connectivity index (χ0n) is 15.1. The number of carbonyl (C=O) groups excluding carboxylic acids is 2. The Morgan fingerprint density at radius 2 is 1.79 bits per heavy atom. The fourth-order valence-electron chi connectivity index (χ4n) is 3.46. The molecule has 0 saturated carbocycles. The van der Waals surface area contributed by atoms with Crippen molar-refractivity contribution in [1.82, 2.24) is 20.6 Å². The van der Waals surface area contributed by atoms with Crippen molar-refractivity contribution in [3.63, 3.8) is 0 Å². The van der Waals surface area contributed by atoms with Gasteiger partial charge >= 0.3 is 0 Å². The first kappa shape index (κ1) is 19.4. The highest BCUT2D eigenvalue weighted by atomic mass is 35.5. The number of amides is 2. The van der Waals surface area contributed by atoms with E-state index in [-0.39, 0.29) is 18.4 Å². The molecule has 1 aliphatic heterocycles. The average molecular weight is 427 g/mol. The van der Waals surface area contributed by atoms with Gasteiger partial charge in [0.1, 0.15) is 5.82 Å². The summed E-state index contributed by atoms with van der Waals surface area (Å²) >= 11 is 12.4. The van der Waals surface area contributed by atoms with E-state index in [1.165, 1.54) is 0 Å². The van der Waals surface area contributed by atoms with Crippen molar-refractivity contribution in [1.29, 1.82) is 0 Å². The van der Waals surface area contributed by atoms with Gasteiger partial charge in [-0.2, -0.15) is 0 Å². The van der Waals surface area contributed by atoms with Gasteiger partial charge in [0.15, 0.2) is 0 Å². The quantitative estimate of drug-likeness (QED) is 0.666. The second kappa shape index (κ2) is 8.19. The summed E-state index contributed by atoms with van der Waals surface area (Å²) in [6.07, 6.45) is 3.22. The number of hydrogen-bond donors (Lipinski definition) is 2. The summed E-state index contributed by atoms with van der Waals surface area (Å²) in [5.74, 6) is -0.700. The van der Waals surface area contributed by atoms with E-state index >= 15 is 0 Å². The number of rotatable bonds is 4. The Hall–Kier alpha value is -2.96. The molecule has 2 aromatic carbocycles. The fourth-order valence-corrected chi connectivity index (χ4v) is 3.98. The first-order valence-electron chi connectivity index (χ1n) is 8.93. The van der Waals surface area contributed by atoms with Crippen LogP contribution in [0.15, 0.2) is 60.9 Å². The molecule has 6 nitrogen and oxygen atoms in total. The molecular weight excluding hydrogens is 411 g/mol. The van der Waals surface area contributed by atoms with Crippen molar-refractivity contribution in [2.75, 3.05) is 0 Å². The van der Waals surface area contributed by atoms with Gasteiger partial charge in [-0.05, 0) is 35.4 Å². The number of benzene rings is 2. The Labute approximate surface area is 177 Å². The van der Waals surface area contributed by atoms with Gasteiger partial charge in [-0.25, -0.2) is 9.97 Å². The molecule has 2 amide bonds. The molecule has 2 atom stereocenters. The van der Waals surface area contributed by atoms with E-state index < -0.39 is 12.0 Å². The molecule has 0 saturated heterocycles. The summed E-state index contributed by atoms with van der Waals surface area (Å²) in [5, 5.41) is 6.65. The van der Waals surface area contributed by atoms with Crippen LogP contribution in [-0.2, 0) is 11.3 Å². The Bertz CT molecular complexity index is 1080. The van der Waals surface area contributed by atoms with Crippen LogP contribution in [0.4, 0.5) is 0 Å². The third-order valence-corrected chi connectivity index (χ3v) is 5.34. The predicted octanol–water partition coefficient (Wildman–Crippen LogP) is 3.67. The van der Waals surface area contributed by atoms with E-state index in [0.29, 0.717) is 32.6 Å². The lowest BCUT2D eigenvalue weighted by Crippen LogP contribution is -2.44. The Morgan fingerprint density at radius 3 is 2.55 bits per heavy atom. The minimum atomic E-state index is -0.675. The molecular formula is C21H16Cl2N4O2. The smallest absolute Gasteiger partial charge is 0.252 e. The second-order valence-electron chi connectivity index (χ2n) is 6.56. The number of nitrogens with zero attached hydrogens (tertiary/aromatic N) is 2. The number of carbonyl (C=O) groups is 2. The fraction of sp³-hybridized carbons (Fsp3) is 0.143. The van der Waals surface area contributed by atoms with Gasteiger partial charge in [0, 0.05) is 28.0 Å². The SMILES string of the molecule is O=C1N[C@@H](c2ccc(Cl)cc2Cl)[C@H](C(=O)NCc2ncccn2)c2ccccc21. The second-order valence-corrected chi connectivity index (χ2v) is 7.41. The maximum absolute atomic E-state index is 13.2. The van der Waals surface area contributed by atoms with Crippen molar-refractivity contribution >= 4 is 35.0 Å². The van der Waals surface area contributed by atoms with Crippen LogP contribution in [0.25, 0.3) is 0 Å². The molecule has 3 aromatic rings. The third-order valence-electron chi connectivity index (χ3n) is 4.78. The van der Waals surface area contributed by atoms with Crippen LogP contribution < -0.4 is 10.6 Å². The minimum absolute atomic E-state index is 0.174. The van der Waals surface area contributed by atoms with Crippen molar-refractivity contribution in [3.05, 3.63) is 93.5 Å². The van der Waals surface area contributed by atoms with Crippen LogP contribution in [0, 0.1) is 0 Å². The van der Waals surface area contributed by atoms with Crippen molar-refractivity contribution in [3.8, 4) is 0 Å². The topological polar surface area (TPSA) is 84.0 Å². The Kier molecular flexibility index (Phi) is 5.47. The molecule has 0 spiro atoms. The van der Waals surface area contributed by atoms with Crippen LogP contribution in [0.1, 0.15) is 39.3 Å². The summed E-state index contributed by atoms with van der Waals surface area (Å²) in [6, 6.07) is 13.1. The van der Waals surface area contributed by atoms with Crippen LogP contribution in [-0.4, -0.2) is 21.8 Å². The number of hydrogen-bond acceptors (Lipinski definition) is 4. The highest BCUT2D eigenvalue weighted by Gasteiger charge is 2.39. The van der Waals surface area contributed by atoms with Gasteiger partial charge < -0.3 is 10.6 Å². The van der Waals surface area contributed by atoms with Gasteiger partial charge in [0.2, 0.25) is 5.91 Å². The highest BCUT2D eigenvalue weighted by Crippen LogP contribution is 2.40. The van der Waals surface area contributed by atoms with Crippen LogP contribution in [0.2, 0.25) is 10.0 Å². The molecule has 2 heterocycles. The number of fused-ring (bicyclic) bond motifs is 1. The van der Waals surface area contributed by atoms with E-state index in [2.05, 4.69) is 20.6 Å². The molecule has 0 radical (unpaired) electrons. The lowest BCUT2D eigenvalue weighted by molar-refractivity contribution is -0.123. The molecule has 1 aromatic heterocycles. The van der Waals surface area contributed by atoms with E-state index in [0.717, 1.165) is 0 Å². The minimum Gasteiger partial charge on any atom is -0.348 e. The molecule has 146 valence electrons. The van der Waals surface area contributed by atoms with Gasteiger partial charge in [-0.15, -0.1) is 0 Å². The summed E-state index contributed by atoms with van der Waals surface area (Å²) in [5.41, 5.74) is 1.72. The molecule has 0 fully saturated rings. The molecule has 0 bridgehead atoms. The maximum atomic E-state index is 13.2. The standard InChI is InChI=1S/C21H16Cl2N4O2/c22-12-6-7-15(16(23)10-12)19-18(13-4-1-2-5-14(13)20(28)27-19)21(29)26-11-17-24-8-3-9-25-17/h1-10,18-19H,11H2,(H,26,29)(H,27,28)/t18-,19+/m1/s1. The van der Waals surface area contributed by atoms with E-state index in [1.54, 1.807) is 60.9 Å². The monoisotopic (exact) mass is 426 g/mol. The molecule has 29 heavy (non-hydrogen) atoms. The van der Waals surface area contributed by atoms with Crippen LogP contribution in [0.5, 0.6) is 0 Å². The van der Waals surface area contributed by atoms with Crippen LogP contribution in [0.3, 0.4) is 0 Å². The predicted molar refractivity (Wildman–Crippen MR) is 110 cm³/mol. The zero-order valence-corrected chi connectivity index (χ0v) is 16.6.